The van der Waals surface area contributed by atoms with Crippen LogP contribution in [-0.4, -0.2) is 19.5 Å². The van der Waals surface area contributed by atoms with Crippen LogP contribution in [0.2, 0.25) is 0 Å². The molecule has 0 atom stereocenters. The van der Waals surface area contributed by atoms with Crippen LogP contribution >= 0.6 is 0 Å². The van der Waals surface area contributed by atoms with Crippen LogP contribution in [0, 0.1) is 0 Å². The van der Waals surface area contributed by atoms with E-state index in [1.165, 1.54) is 6.07 Å². The number of anilines is 2. The first-order chi connectivity index (χ1) is 16.4. The third kappa shape index (κ3) is 5.54. The summed E-state index contributed by atoms with van der Waals surface area (Å²) in [6.45, 7) is 0.347. The maximum absolute atomic E-state index is 13.3. The van der Waals surface area contributed by atoms with Crippen LogP contribution in [0.3, 0.4) is 0 Å². The number of carboxylic acid groups (broad SMARTS) is 1. The first-order valence-corrected chi connectivity index (χ1v) is 11.9. The fraction of sp³-hybridized carbons (Fsp3) is 0.0385. The number of rotatable bonds is 9. The zero-order chi connectivity index (χ0) is 24.0. The highest BCUT2D eigenvalue weighted by Gasteiger charge is 2.25. The van der Waals surface area contributed by atoms with E-state index in [1.54, 1.807) is 54.6 Å². The molecule has 7 nitrogen and oxygen atoms in total. The lowest BCUT2D eigenvalue weighted by molar-refractivity contribution is 0.0697. The lowest BCUT2D eigenvalue weighted by Crippen LogP contribution is -2.16. The quantitative estimate of drug-likeness (QED) is 0.292. The molecule has 0 heterocycles. The molecule has 0 spiro atoms. The van der Waals surface area contributed by atoms with Gasteiger partial charge in [0.15, 0.2) is 0 Å². The Kier molecular flexibility index (Phi) is 6.79. The summed E-state index contributed by atoms with van der Waals surface area (Å²) in [5, 5.41) is 12.9. The largest absolute Gasteiger partial charge is 0.478 e. The van der Waals surface area contributed by atoms with Crippen LogP contribution in [0.4, 0.5) is 11.4 Å². The molecule has 0 aliphatic carbocycles. The minimum absolute atomic E-state index is 0.00445. The van der Waals surface area contributed by atoms with E-state index in [0.29, 0.717) is 18.0 Å². The van der Waals surface area contributed by atoms with Crippen LogP contribution in [0.1, 0.15) is 15.9 Å². The minimum atomic E-state index is -4.17. The van der Waals surface area contributed by atoms with Gasteiger partial charge in [0, 0.05) is 18.3 Å². The summed E-state index contributed by atoms with van der Waals surface area (Å²) in [6, 6.07) is 29.0. The number of nitrogens with one attached hydrogen (secondary N) is 2. The molecule has 172 valence electrons. The van der Waals surface area contributed by atoms with E-state index in [1.807, 2.05) is 36.4 Å². The second-order valence-corrected chi connectivity index (χ2v) is 9.03. The van der Waals surface area contributed by atoms with Gasteiger partial charge in [0.1, 0.15) is 16.4 Å². The fourth-order valence-electron chi connectivity index (χ4n) is 3.30. The molecule has 0 saturated heterocycles. The predicted molar refractivity (Wildman–Crippen MR) is 131 cm³/mol. The van der Waals surface area contributed by atoms with E-state index >= 15 is 0 Å². The van der Waals surface area contributed by atoms with Gasteiger partial charge in [-0.15, -0.1) is 0 Å². The average Bonchev–Trinajstić information content (AvgIpc) is 2.84. The lowest BCUT2D eigenvalue weighted by Gasteiger charge is -2.17. The van der Waals surface area contributed by atoms with Crippen molar-refractivity contribution in [1.82, 2.24) is 0 Å². The lowest BCUT2D eigenvalue weighted by atomic mass is 10.1. The van der Waals surface area contributed by atoms with Crippen molar-refractivity contribution in [2.45, 2.75) is 11.4 Å². The molecular formula is C26H22N2O5S. The maximum atomic E-state index is 13.3. The first-order valence-electron chi connectivity index (χ1n) is 10.4. The molecule has 0 aliphatic rings. The molecule has 0 aliphatic heterocycles. The zero-order valence-corrected chi connectivity index (χ0v) is 18.8. The number of aromatic carboxylic acids is 1. The number of benzene rings is 4. The number of para-hydroxylation sites is 2. The highest BCUT2D eigenvalue weighted by molar-refractivity contribution is 7.92. The Balaban J connectivity index is 1.78. The summed E-state index contributed by atoms with van der Waals surface area (Å²) in [6.07, 6.45) is 0. The second kappa shape index (κ2) is 10.1. The topological polar surface area (TPSA) is 105 Å². The molecule has 0 amide bonds. The Labute approximate surface area is 197 Å². The summed E-state index contributed by atoms with van der Waals surface area (Å²) < 4.78 is 34.9. The molecule has 34 heavy (non-hydrogen) atoms. The highest BCUT2D eigenvalue weighted by Crippen LogP contribution is 2.35. The maximum Gasteiger partial charge on any atom is 0.337 e. The summed E-state index contributed by atoms with van der Waals surface area (Å²) in [5.41, 5.74) is 1.33. The van der Waals surface area contributed by atoms with E-state index in [4.69, 9.17) is 4.74 Å². The van der Waals surface area contributed by atoms with Crippen LogP contribution < -0.4 is 14.8 Å². The molecule has 3 N–H and O–H groups in total. The van der Waals surface area contributed by atoms with Gasteiger partial charge in [-0.3, -0.25) is 4.72 Å². The molecule has 4 rings (SSSR count). The molecule has 8 heteroatoms. The van der Waals surface area contributed by atoms with E-state index in [-0.39, 0.29) is 21.9 Å². The normalized spacial score (nSPS) is 10.9. The van der Waals surface area contributed by atoms with Crippen molar-refractivity contribution in [3.8, 4) is 11.5 Å². The van der Waals surface area contributed by atoms with E-state index in [9.17, 15) is 18.3 Å². The van der Waals surface area contributed by atoms with Crippen LogP contribution in [0.15, 0.2) is 108 Å². The third-order valence-corrected chi connectivity index (χ3v) is 6.33. The first kappa shape index (κ1) is 22.9. The number of hydrogen-bond donors (Lipinski definition) is 3. The van der Waals surface area contributed by atoms with Gasteiger partial charge in [-0.1, -0.05) is 66.7 Å². The molecule has 4 aromatic carbocycles. The van der Waals surface area contributed by atoms with Gasteiger partial charge in [-0.05, 0) is 35.9 Å². The van der Waals surface area contributed by atoms with Crippen molar-refractivity contribution in [2.75, 3.05) is 10.0 Å². The van der Waals surface area contributed by atoms with Crippen LogP contribution in [0.5, 0.6) is 11.5 Å². The van der Waals surface area contributed by atoms with Gasteiger partial charge in [-0.25, -0.2) is 13.2 Å². The van der Waals surface area contributed by atoms with E-state index in [2.05, 4.69) is 10.0 Å². The Morgan fingerprint density at radius 1 is 0.824 bits per heavy atom. The Bertz CT molecular complexity index is 1380. The number of hydrogen-bond acceptors (Lipinski definition) is 5. The summed E-state index contributed by atoms with van der Waals surface area (Å²) in [4.78, 5) is 11.8. The van der Waals surface area contributed by atoms with E-state index in [0.717, 1.165) is 11.6 Å². The molecule has 0 aromatic heterocycles. The second-order valence-electron chi connectivity index (χ2n) is 7.38. The monoisotopic (exact) mass is 474 g/mol. The molecule has 4 aromatic rings. The molecule has 0 fully saturated rings. The zero-order valence-electron chi connectivity index (χ0n) is 18.0. The Morgan fingerprint density at radius 3 is 2.03 bits per heavy atom. The Morgan fingerprint density at radius 2 is 1.41 bits per heavy atom. The van der Waals surface area contributed by atoms with Crippen molar-refractivity contribution >= 4 is 27.4 Å². The SMILES string of the molecule is O=C(O)c1cc(S(=O)(=O)Nc2ccccc2)c(Oc2ccccc2)cc1NCc1ccccc1. The summed E-state index contributed by atoms with van der Waals surface area (Å²) in [5.74, 6) is -0.857. The number of carboxylic acids is 1. The number of carbonyl (C=O) groups is 1. The van der Waals surface area contributed by atoms with Crippen molar-refractivity contribution in [3.05, 3.63) is 114 Å². The smallest absolute Gasteiger partial charge is 0.337 e. The van der Waals surface area contributed by atoms with Gasteiger partial charge < -0.3 is 15.2 Å². The molecule has 0 saturated carbocycles. The minimum Gasteiger partial charge on any atom is -0.478 e. The van der Waals surface area contributed by atoms with Crippen molar-refractivity contribution in [3.63, 3.8) is 0 Å². The number of sulfonamides is 1. The summed E-state index contributed by atoms with van der Waals surface area (Å²) >= 11 is 0. The molecule has 0 radical (unpaired) electrons. The summed E-state index contributed by atoms with van der Waals surface area (Å²) in [7, 11) is -4.17. The molecular weight excluding hydrogens is 452 g/mol. The van der Waals surface area contributed by atoms with Crippen LogP contribution in [-0.2, 0) is 16.6 Å². The predicted octanol–water partition coefficient (Wildman–Crippen LogP) is 5.59. The number of ether oxygens (including phenoxy) is 1. The van der Waals surface area contributed by atoms with Gasteiger partial charge in [0.2, 0.25) is 0 Å². The average molecular weight is 475 g/mol. The standard InChI is InChI=1S/C26H22N2O5S/c29-26(30)22-16-25(34(31,32)28-20-12-6-2-7-13-20)24(33-21-14-8-3-9-15-21)17-23(22)27-18-19-10-4-1-5-11-19/h1-17,27-28H,18H2,(H,29,30). The Hall–Kier alpha value is -4.30. The fourth-order valence-corrected chi connectivity index (χ4v) is 4.49. The van der Waals surface area contributed by atoms with Crippen molar-refractivity contribution in [1.29, 1.82) is 0 Å². The van der Waals surface area contributed by atoms with Gasteiger partial charge in [0.05, 0.1) is 11.3 Å². The van der Waals surface area contributed by atoms with Crippen LogP contribution in [0.25, 0.3) is 0 Å². The highest BCUT2D eigenvalue weighted by atomic mass is 32.2. The molecule has 0 bridgehead atoms. The van der Waals surface area contributed by atoms with Gasteiger partial charge in [-0.2, -0.15) is 0 Å². The van der Waals surface area contributed by atoms with Gasteiger partial charge >= 0.3 is 5.97 Å². The molecule has 0 unspecified atom stereocenters. The van der Waals surface area contributed by atoms with Crippen molar-refractivity contribution < 1.29 is 23.1 Å². The van der Waals surface area contributed by atoms with Gasteiger partial charge in [0.25, 0.3) is 10.0 Å². The third-order valence-electron chi connectivity index (χ3n) is 4.93. The van der Waals surface area contributed by atoms with E-state index < -0.39 is 16.0 Å². The van der Waals surface area contributed by atoms with Crippen molar-refractivity contribution in [2.24, 2.45) is 0 Å².